The monoisotopic (exact) mass is 251 g/mol. The van der Waals surface area contributed by atoms with E-state index in [9.17, 15) is 14.9 Å². The Morgan fingerprint density at radius 1 is 1.44 bits per heavy atom. The number of hydrogen-bond acceptors (Lipinski definition) is 4. The SMILES string of the molecule is O=C(O)N[C@]1(c2ccc([N+](=O)[O-])cc2)CCNC1. The lowest BCUT2D eigenvalue weighted by atomic mass is 9.89. The summed E-state index contributed by atoms with van der Waals surface area (Å²) in [5.41, 5.74) is 0.0386. The van der Waals surface area contributed by atoms with Gasteiger partial charge in [0, 0.05) is 18.7 Å². The minimum atomic E-state index is -1.10. The molecule has 0 radical (unpaired) electrons. The average Bonchev–Trinajstić information content (AvgIpc) is 2.78. The summed E-state index contributed by atoms with van der Waals surface area (Å²) < 4.78 is 0. The Hall–Kier alpha value is -2.15. The van der Waals surface area contributed by atoms with Crippen molar-refractivity contribution in [1.29, 1.82) is 0 Å². The van der Waals surface area contributed by atoms with E-state index < -0.39 is 16.6 Å². The van der Waals surface area contributed by atoms with Crippen LogP contribution >= 0.6 is 0 Å². The first-order valence-corrected chi connectivity index (χ1v) is 5.50. The predicted molar refractivity (Wildman–Crippen MR) is 63.4 cm³/mol. The van der Waals surface area contributed by atoms with Gasteiger partial charge in [-0.3, -0.25) is 10.1 Å². The van der Waals surface area contributed by atoms with Gasteiger partial charge in [0.1, 0.15) is 0 Å². The fourth-order valence-corrected chi connectivity index (χ4v) is 2.22. The third-order valence-corrected chi connectivity index (χ3v) is 3.13. The molecule has 1 aromatic carbocycles. The zero-order chi connectivity index (χ0) is 13.2. The van der Waals surface area contributed by atoms with Crippen LogP contribution in [-0.4, -0.2) is 29.2 Å². The van der Waals surface area contributed by atoms with E-state index in [1.807, 2.05) is 0 Å². The Morgan fingerprint density at radius 3 is 2.56 bits per heavy atom. The van der Waals surface area contributed by atoms with Gasteiger partial charge in [0.2, 0.25) is 0 Å². The number of carboxylic acid groups (broad SMARTS) is 1. The maximum atomic E-state index is 10.9. The zero-order valence-electron chi connectivity index (χ0n) is 9.55. The largest absolute Gasteiger partial charge is 0.465 e. The first-order chi connectivity index (χ1) is 8.53. The molecule has 0 aromatic heterocycles. The maximum Gasteiger partial charge on any atom is 0.405 e. The van der Waals surface area contributed by atoms with Gasteiger partial charge in [0.05, 0.1) is 10.5 Å². The molecule has 0 unspecified atom stereocenters. The van der Waals surface area contributed by atoms with E-state index >= 15 is 0 Å². The molecule has 1 aliphatic heterocycles. The summed E-state index contributed by atoms with van der Waals surface area (Å²) in [4.78, 5) is 21.0. The minimum absolute atomic E-state index is 0.00446. The Morgan fingerprint density at radius 2 is 2.11 bits per heavy atom. The number of carbonyl (C=O) groups is 1. The highest BCUT2D eigenvalue weighted by molar-refractivity contribution is 5.66. The van der Waals surface area contributed by atoms with Crippen LogP contribution in [0.4, 0.5) is 10.5 Å². The first-order valence-electron chi connectivity index (χ1n) is 5.50. The standard InChI is InChI=1S/C11H13N3O4/c15-10(16)13-11(5-6-12-7-11)8-1-3-9(4-2-8)14(17)18/h1-4,12-13H,5-7H2,(H,15,16)/t11-/m1/s1. The fraction of sp³-hybridized carbons (Fsp3) is 0.364. The van der Waals surface area contributed by atoms with Gasteiger partial charge in [-0.05, 0) is 30.7 Å². The lowest BCUT2D eigenvalue weighted by Gasteiger charge is -2.28. The number of amides is 1. The highest BCUT2D eigenvalue weighted by Crippen LogP contribution is 2.29. The number of nitrogens with one attached hydrogen (secondary N) is 2. The molecule has 96 valence electrons. The van der Waals surface area contributed by atoms with Crippen molar-refractivity contribution < 1.29 is 14.8 Å². The van der Waals surface area contributed by atoms with Crippen LogP contribution in [0.2, 0.25) is 0 Å². The van der Waals surface area contributed by atoms with E-state index in [4.69, 9.17) is 5.11 Å². The molecule has 0 saturated carbocycles. The molecule has 1 fully saturated rings. The number of hydrogen-bond donors (Lipinski definition) is 3. The molecule has 1 aliphatic rings. The van der Waals surface area contributed by atoms with Gasteiger partial charge in [-0.2, -0.15) is 0 Å². The number of nitro benzene ring substituents is 1. The molecule has 0 spiro atoms. The Balaban J connectivity index is 2.31. The van der Waals surface area contributed by atoms with E-state index in [2.05, 4.69) is 10.6 Å². The molecule has 1 aromatic rings. The van der Waals surface area contributed by atoms with Crippen LogP contribution in [0.3, 0.4) is 0 Å². The van der Waals surface area contributed by atoms with Gasteiger partial charge in [-0.15, -0.1) is 0 Å². The maximum absolute atomic E-state index is 10.9. The minimum Gasteiger partial charge on any atom is -0.465 e. The Kier molecular flexibility index (Phi) is 3.15. The van der Waals surface area contributed by atoms with Crippen LogP contribution in [0.1, 0.15) is 12.0 Å². The third kappa shape index (κ3) is 2.25. The van der Waals surface area contributed by atoms with Crippen LogP contribution in [0, 0.1) is 10.1 Å². The van der Waals surface area contributed by atoms with Crippen molar-refractivity contribution in [1.82, 2.24) is 10.6 Å². The Bertz CT molecular complexity index is 466. The van der Waals surface area contributed by atoms with Gasteiger partial charge < -0.3 is 15.7 Å². The molecular weight excluding hydrogens is 238 g/mol. The number of nitro groups is 1. The number of rotatable bonds is 3. The molecule has 1 saturated heterocycles. The second-order valence-electron chi connectivity index (χ2n) is 4.24. The summed E-state index contributed by atoms with van der Waals surface area (Å²) in [7, 11) is 0. The van der Waals surface area contributed by atoms with Crippen LogP contribution in [0.15, 0.2) is 24.3 Å². The number of benzene rings is 1. The summed E-state index contributed by atoms with van der Waals surface area (Å²) in [6, 6.07) is 5.97. The van der Waals surface area contributed by atoms with Crippen LogP contribution in [-0.2, 0) is 5.54 Å². The predicted octanol–water partition coefficient (Wildman–Crippen LogP) is 1.05. The van der Waals surface area contributed by atoms with Crippen molar-refractivity contribution in [2.24, 2.45) is 0 Å². The van der Waals surface area contributed by atoms with Gasteiger partial charge in [-0.1, -0.05) is 0 Å². The second kappa shape index (κ2) is 4.61. The smallest absolute Gasteiger partial charge is 0.405 e. The molecule has 3 N–H and O–H groups in total. The fourth-order valence-electron chi connectivity index (χ4n) is 2.22. The van der Waals surface area contributed by atoms with Crippen molar-refractivity contribution in [3.8, 4) is 0 Å². The van der Waals surface area contributed by atoms with E-state index in [0.29, 0.717) is 19.5 Å². The molecule has 1 amide bonds. The van der Waals surface area contributed by atoms with Crippen molar-refractivity contribution in [3.63, 3.8) is 0 Å². The van der Waals surface area contributed by atoms with Crippen LogP contribution in [0.25, 0.3) is 0 Å². The molecule has 0 bridgehead atoms. The molecule has 2 rings (SSSR count). The highest BCUT2D eigenvalue weighted by atomic mass is 16.6. The summed E-state index contributed by atoms with van der Waals surface area (Å²) in [6.07, 6.45) is -0.478. The second-order valence-corrected chi connectivity index (χ2v) is 4.24. The van der Waals surface area contributed by atoms with E-state index in [0.717, 1.165) is 5.56 Å². The van der Waals surface area contributed by atoms with Gasteiger partial charge in [0.15, 0.2) is 0 Å². The van der Waals surface area contributed by atoms with E-state index in [-0.39, 0.29) is 5.69 Å². The zero-order valence-corrected chi connectivity index (χ0v) is 9.55. The summed E-state index contributed by atoms with van der Waals surface area (Å²) >= 11 is 0. The molecular formula is C11H13N3O4. The average molecular weight is 251 g/mol. The van der Waals surface area contributed by atoms with Crippen molar-refractivity contribution in [2.75, 3.05) is 13.1 Å². The summed E-state index contributed by atoms with van der Waals surface area (Å²) in [5, 5.41) is 25.1. The normalized spacial score (nSPS) is 22.7. The van der Waals surface area contributed by atoms with Crippen molar-refractivity contribution in [2.45, 2.75) is 12.0 Å². The van der Waals surface area contributed by atoms with Gasteiger partial charge >= 0.3 is 6.09 Å². The third-order valence-electron chi connectivity index (χ3n) is 3.13. The summed E-state index contributed by atoms with van der Waals surface area (Å²) in [5.74, 6) is 0. The van der Waals surface area contributed by atoms with Crippen molar-refractivity contribution >= 4 is 11.8 Å². The van der Waals surface area contributed by atoms with Crippen LogP contribution < -0.4 is 10.6 Å². The quantitative estimate of drug-likeness (QED) is 0.550. The first kappa shape index (κ1) is 12.3. The molecule has 0 aliphatic carbocycles. The molecule has 18 heavy (non-hydrogen) atoms. The molecule has 1 heterocycles. The molecule has 1 atom stereocenters. The number of nitrogens with zero attached hydrogens (tertiary/aromatic N) is 1. The highest BCUT2D eigenvalue weighted by Gasteiger charge is 2.37. The van der Waals surface area contributed by atoms with Crippen LogP contribution in [0.5, 0.6) is 0 Å². The van der Waals surface area contributed by atoms with Gasteiger partial charge in [-0.25, -0.2) is 4.79 Å². The van der Waals surface area contributed by atoms with Gasteiger partial charge in [0.25, 0.3) is 5.69 Å². The van der Waals surface area contributed by atoms with Crippen molar-refractivity contribution in [3.05, 3.63) is 39.9 Å². The van der Waals surface area contributed by atoms with E-state index in [1.54, 1.807) is 12.1 Å². The Labute approximate surface area is 103 Å². The topological polar surface area (TPSA) is 104 Å². The number of non-ortho nitro benzene ring substituents is 1. The molecule has 7 heteroatoms. The lowest BCUT2D eigenvalue weighted by molar-refractivity contribution is -0.384. The molecule has 7 nitrogen and oxygen atoms in total. The van der Waals surface area contributed by atoms with E-state index in [1.165, 1.54) is 12.1 Å². The lowest BCUT2D eigenvalue weighted by Crippen LogP contribution is -2.46. The summed E-state index contributed by atoms with van der Waals surface area (Å²) in [6.45, 7) is 1.19.